The van der Waals surface area contributed by atoms with Crippen molar-refractivity contribution in [2.75, 3.05) is 0 Å². The van der Waals surface area contributed by atoms with Crippen molar-refractivity contribution >= 4 is 29.5 Å². The Labute approximate surface area is 102 Å². The van der Waals surface area contributed by atoms with Gasteiger partial charge < -0.3 is 10.6 Å². The highest BCUT2D eigenvalue weighted by Crippen LogP contribution is 2.16. The molecule has 7 heteroatoms. The topological polar surface area (TPSA) is 83.5 Å². The van der Waals surface area contributed by atoms with E-state index in [2.05, 4.69) is 20.6 Å². The van der Waals surface area contributed by atoms with Crippen molar-refractivity contribution in [3.63, 3.8) is 0 Å². The van der Waals surface area contributed by atoms with Crippen molar-refractivity contribution in [2.24, 2.45) is 4.99 Å². The van der Waals surface area contributed by atoms with Crippen LogP contribution in [0, 0.1) is 13.8 Å². The van der Waals surface area contributed by atoms with E-state index in [4.69, 9.17) is 0 Å². The molecule has 0 aliphatic carbocycles. The SMILES string of the molecule is Cc1nc(C)c(CNC(=O)C2C=NC(=O)N2)s1. The molecule has 1 aliphatic rings. The molecule has 2 N–H and O–H groups in total. The second kappa shape index (κ2) is 4.62. The molecule has 0 aromatic carbocycles. The van der Waals surface area contributed by atoms with E-state index in [9.17, 15) is 9.59 Å². The minimum atomic E-state index is -0.656. The number of hydrogen-bond acceptors (Lipinski definition) is 4. The Morgan fingerprint density at radius 2 is 2.35 bits per heavy atom. The van der Waals surface area contributed by atoms with Gasteiger partial charge in [0.25, 0.3) is 0 Å². The van der Waals surface area contributed by atoms with Crippen LogP contribution in [0.15, 0.2) is 4.99 Å². The molecule has 0 saturated heterocycles. The molecule has 17 heavy (non-hydrogen) atoms. The lowest BCUT2D eigenvalue weighted by Crippen LogP contribution is -2.43. The van der Waals surface area contributed by atoms with E-state index in [0.717, 1.165) is 15.6 Å². The van der Waals surface area contributed by atoms with Crippen LogP contribution in [-0.4, -0.2) is 29.2 Å². The highest BCUT2D eigenvalue weighted by Gasteiger charge is 2.23. The minimum absolute atomic E-state index is 0.259. The first-order chi connectivity index (χ1) is 8.06. The predicted octanol–water partition coefficient (Wildman–Crippen LogP) is 0.539. The van der Waals surface area contributed by atoms with Gasteiger partial charge in [0.2, 0.25) is 5.91 Å². The molecule has 6 nitrogen and oxygen atoms in total. The summed E-state index contributed by atoms with van der Waals surface area (Å²) in [6, 6.07) is -1.13. The lowest BCUT2D eigenvalue weighted by Gasteiger charge is -2.08. The van der Waals surface area contributed by atoms with E-state index >= 15 is 0 Å². The first-order valence-corrected chi connectivity index (χ1v) is 5.93. The van der Waals surface area contributed by atoms with Crippen LogP contribution in [0.4, 0.5) is 4.79 Å². The Morgan fingerprint density at radius 1 is 1.59 bits per heavy atom. The van der Waals surface area contributed by atoms with Gasteiger partial charge in [0.1, 0.15) is 6.04 Å². The second-order valence-electron chi connectivity index (χ2n) is 3.66. The molecule has 0 bridgehead atoms. The van der Waals surface area contributed by atoms with Crippen LogP contribution < -0.4 is 10.6 Å². The van der Waals surface area contributed by atoms with Gasteiger partial charge in [0.05, 0.1) is 17.2 Å². The largest absolute Gasteiger partial charge is 0.349 e. The molecular weight excluding hydrogens is 240 g/mol. The van der Waals surface area contributed by atoms with Gasteiger partial charge in [-0.1, -0.05) is 0 Å². The maximum Gasteiger partial charge on any atom is 0.341 e. The molecule has 1 atom stereocenters. The summed E-state index contributed by atoms with van der Waals surface area (Å²) in [5.74, 6) is -0.259. The fourth-order valence-electron chi connectivity index (χ4n) is 1.50. The van der Waals surface area contributed by atoms with Crippen molar-refractivity contribution < 1.29 is 9.59 Å². The molecule has 1 aromatic heterocycles. The number of nitrogens with one attached hydrogen (secondary N) is 2. The molecule has 3 amide bonds. The zero-order valence-corrected chi connectivity index (χ0v) is 10.3. The van der Waals surface area contributed by atoms with Gasteiger partial charge in [-0.15, -0.1) is 11.3 Å². The number of aliphatic imine (C=N–C) groups is 1. The van der Waals surface area contributed by atoms with Crippen molar-refractivity contribution in [3.05, 3.63) is 15.6 Å². The van der Waals surface area contributed by atoms with Crippen LogP contribution in [0.5, 0.6) is 0 Å². The van der Waals surface area contributed by atoms with Crippen LogP contribution in [0.1, 0.15) is 15.6 Å². The Morgan fingerprint density at radius 3 is 2.88 bits per heavy atom. The number of carbonyl (C=O) groups excluding carboxylic acids is 2. The Bertz CT molecular complexity index is 494. The molecule has 0 fully saturated rings. The lowest BCUT2D eigenvalue weighted by atomic mass is 10.3. The average molecular weight is 252 g/mol. The van der Waals surface area contributed by atoms with E-state index in [-0.39, 0.29) is 5.91 Å². The molecule has 0 radical (unpaired) electrons. The van der Waals surface area contributed by atoms with Crippen LogP contribution in [0.2, 0.25) is 0 Å². The fraction of sp³-hybridized carbons (Fsp3) is 0.400. The monoisotopic (exact) mass is 252 g/mol. The molecule has 0 saturated carbocycles. The standard InChI is InChI=1S/C10H12N4O2S/c1-5-8(17-6(2)13-5)4-11-9(15)7-3-12-10(16)14-7/h3,7H,4H2,1-2H3,(H,11,15)(H,14,16). The van der Waals surface area contributed by atoms with Gasteiger partial charge in [0.15, 0.2) is 0 Å². The third kappa shape index (κ3) is 2.68. The van der Waals surface area contributed by atoms with Crippen LogP contribution in [0.3, 0.4) is 0 Å². The number of carbonyl (C=O) groups is 2. The summed E-state index contributed by atoms with van der Waals surface area (Å²) in [6.07, 6.45) is 1.31. The number of rotatable bonds is 3. The summed E-state index contributed by atoms with van der Waals surface area (Å²) in [7, 11) is 0. The van der Waals surface area contributed by atoms with E-state index in [0.29, 0.717) is 6.54 Å². The van der Waals surface area contributed by atoms with Crippen LogP contribution in [0.25, 0.3) is 0 Å². The number of aryl methyl sites for hydroxylation is 2. The fourth-order valence-corrected chi connectivity index (χ4v) is 2.37. The Balaban J connectivity index is 1.90. The molecule has 2 rings (SSSR count). The first-order valence-electron chi connectivity index (χ1n) is 5.11. The van der Waals surface area contributed by atoms with Crippen molar-refractivity contribution in [2.45, 2.75) is 26.4 Å². The summed E-state index contributed by atoms with van der Waals surface area (Å²) in [6.45, 7) is 4.26. The maximum absolute atomic E-state index is 11.6. The predicted molar refractivity (Wildman–Crippen MR) is 64.2 cm³/mol. The molecular formula is C10H12N4O2S. The van der Waals surface area contributed by atoms with Gasteiger partial charge in [-0.25, -0.2) is 14.8 Å². The summed E-state index contributed by atoms with van der Waals surface area (Å²) < 4.78 is 0. The number of hydrogen-bond donors (Lipinski definition) is 2. The zero-order valence-electron chi connectivity index (χ0n) is 9.48. The Hall–Kier alpha value is -1.76. The van der Waals surface area contributed by atoms with Crippen molar-refractivity contribution in [1.29, 1.82) is 0 Å². The minimum Gasteiger partial charge on any atom is -0.349 e. The quantitative estimate of drug-likeness (QED) is 0.823. The van der Waals surface area contributed by atoms with Crippen LogP contribution >= 0.6 is 11.3 Å². The van der Waals surface area contributed by atoms with Crippen LogP contribution in [-0.2, 0) is 11.3 Å². The van der Waals surface area contributed by atoms with Gasteiger partial charge in [-0.3, -0.25) is 4.79 Å². The lowest BCUT2D eigenvalue weighted by molar-refractivity contribution is -0.121. The van der Waals surface area contributed by atoms with E-state index in [1.165, 1.54) is 6.21 Å². The highest BCUT2D eigenvalue weighted by atomic mass is 32.1. The summed E-state index contributed by atoms with van der Waals surface area (Å²) >= 11 is 1.55. The highest BCUT2D eigenvalue weighted by molar-refractivity contribution is 7.11. The summed E-state index contributed by atoms with van der Waals surface area (Å²) in [5, 5.41) is 6.14. The van der Waals surface area contributed by atoms with Gasteiger partial charge in [-0.05, 0) is 13.8 Å². The molecule has 0 spiro atoms. The Kier molecular flexibility index (Phi) is 3.19. The summed E-state index contributed by atoms with van der Waals surface area (Å²) in [4.78, 5) is 31.2. The molecule has 1 unspecified atom stereocenters. The number of aromatic nitrogens is 1. The van der Waals surface area contributed by atoms with Gasteiger partial charge >= 0.3 is 6.03 Å². The normalized spacial score (nSPS) is 18.2. The van der Waals surface area contributed by atoms with Gasteiger partial charge in [-0.2, -0.15) is 0 Å². The average Bonchev–Trinajstić information content (AvgIpc) is 2.82. The maximum atomic E-state index is 11.6. The van der Waals surface area contributed by atoms with E-state index < -0.39 is 12.1 Å². The third-order valence-corrected chi connectivity index (χ3v) is 3.40. The zero-order chi connectivity index (χ0) is 12.4. The van der Waals surface area contributed by atoms with E-state index in [1.807, 2.05) is 13.8 Å². The molecule has 1 aromatic rings. The molecule has 2 heterocycles. The number of urea groups is 1. The number of thiazole rings is 1. The van der Waals surface area contributed by atoms with Crippen molar-refractivity contribution in [1.82, 2.24) is 15.6 Å². The number of amides is 3. The molecule has 1 aliphatic heterocycles. The van der Waals surface area contributed by atoms with E-state index in [1.54, 1.807) is 11.3 Å². The molecule has 90 valence electrons. The van der Waals surface area contributed by atoms with Gasteiger partial charge in [0, 0.05) is 11.1 Å². The number of nitrogens with zero attached hydrogens (tertiary/aromatic N) is 2. The third-order valence-electron chi connectivity index (χ3n) is 2.33. The first kappa shape index (κ1) is 11.7. The second-order valence-corrected chi connectivity index (χ2v) is 4.95. The van der Waals surface area contributed by atoms with Crippen molar-refractivity contribution in [3.8, 4) is 0 Å². The smallest absolute Gasteiger partial charge is 0.341 e. The summed E-state index contributed by atoms with van der Waals surface area (Å²) in [5.41, 5.74) is 0.928.